The number of fused-ring (bicyclic) bond motifs is 1. The lowest BCUT2D eigenvalue weighted by molar-refractivity contribution is 0.0302. The van der Waals surface area contributed by atoms with Crippen molar-refractivity contribution in [3.05, 3.63) is 76.4 Å². The van der Waals surface area contributed by atoms with Gasteiger partial charge in [-0.2, -0.15) is 0 Å². The van der Waals surface area contributed by atoms with E-state index in [2.05, 4.69) is 48.3 Å². The van der Waals surface area contributed by atoms with Gasteiger partial charge in [0.05, 0.1) is 17.8 Å². The fourth-order valence-corrected chi connectivity index (χ4v) is 4.57. The zero-order valence-electron chi connectivity index (χ0n) is 17.6. The molecule has 0 saturated carbocycles. The van der Waals surface area contributed by atoms with E-state index < -0.39 is 0 Å². The molecule has 1 amide bonds. The molecule has 1 saturated heterocycles. The predicted octanol–water partition coefficient (Wildman–Crippen LogP) is 4.42. The standard InChI is InChI=1S/C25H27N3O2/c1-16-11-21(14-26-16)19-5-3-18(4-6-19)12-20-13-23-24(27-17(20)2)15-28(25(23)29)22-7-9-30-10-8-22/h3-6,11,13-14,22,26H,7-10,12,15H2,1-2H3. The van der Waals surface area contributed by atoms with Crippen molar-refractivity contribution in [2.24, 2.45) is 0 Å². The van der Waals surface area contributed by atoms with Gasteiger partial charge in [-0.25, -0.2) is 0 Å². The van der Waals surface area contributed by atoms with Gasteiger partial charge in [0.2, 0.25) is 0 Å². The first-order valence-corrected chi connectivity index (χ1v) is 10.7. The average Bonchev–Trinajstić information content (AvgIpc) is 3.33. The molecular weight excluding hydrogens is 374 g/mol. The van der Waals surface area contributed by atoms with Gasteiger partial charge in [0.15, 0.2) is 0 Å². The van der Waals surface area contributed by atoms with Crippen LogP contribution in [0, 0.1) is 13.8 Å². The van der Waals surface area contributed by atoms with Gasteiger partial charge in [-0.1, -0.05) is 24.3 Å². The van der Waals surface area contributed by atoms with Crippen LogP contribution in [0.15, 0.2) is 42.6 Å². The van der Waals surface area contributed by atoms with Crippen molar-refractivity contribution in [1.29, 1.82) is 0 Å². The number of hydrogen-bond acceptors (Lipinski definition) is 3. The van der Waals surface area contributed by atoms with E-state index in [9.17, 15) is 4.79 Å². The third-order valence-corrected chi connectivity index (χ3v) is 6.35. The Morgan fingerprint density at radius 2 is 1.87 bits per heavy atom. The summed E-state index contributed by atoms with van der Waals surface area (Å²) in [5, 5.41) is 0. The second kappa shape index (κ2) is 7.73. The van der Waals surface area contributed by atoms with E-state index in [1.54, 1.807) is 0 Å². The molecule has 0 bridgehead atoms. The molecule has 1 aromatic carbocycles. The summed E-state index contributed by atoms with van der Waals surface area (Å²) in [5.74, 6) is 0.129. The lowest BCUT2D eigenvalue weighted by atomic mass is 9.99. The van der Waals surface area contributed by atoms with Crippen LogP contribution in [0.2, 0.25) is 0 Å². The number of rotatable bonds is 4. The van der Waals surface area contributed by atoms with Gasteiger partial charge in [-0.05, 0) is 67.5 Å². The normalized spacial score (nSPS) is 16.9. The Balaban J connectivity index is 1.35. The molecule has 0 radical (unpaired) electrons. The third-order valence-electron chi connectivity index (χ3n) is 6.35. The van der Waals surface area contributed by atoms with Gasteiger partial charge < -0.3 is 14.6 Å². The maximum Gasteiger partial charge on any atom is 0.256 e. The molecule has 3 aromatic rings. The Morgan fingerprint density at radius 3 is 2.57 bits per heavy atom. The van der Waals surface area contributed by atoms with Crippen LogP contribution in [-0.4, -0.2) is 40.0 Å². The first kappa shape index (κ1) is 19.1. The molecule has 0 atom stereocenters. The Morgan fingerprint density at radius 1 is 1.10 bits per heavy atom. The van der Waals surface area contributed by atoms with Crippen LogP contribution in [0.1, 0.15) is 51.4 Å². The third kappa shape index (κ3) is 3.54. The highest BCUT2D eigenvalue weighted by molar-refractivity contribution is 5.98. The summed E-state index contributed by atoms with van der Waals surface area (Å²) in [6.45, 7) is 6.21. The smallest absolute Gasteiger partial charge is 0.256 e. The van der Waals surface area contributed by atoms with Crippen molar-refractivity contribution in [2.45, 2.75) is 45.7 Å². The van der Waals surface area contributed by atoms with Gasteiger partial charge in [0.25, 0.3) is 5.91 Å². The lowest BCUT2D eigenvalue weighted by Gasteiger charge is -2.30. The SMILES string of the molecule is Cc1cc(-c2ccc(Cc3cc4c(nc3C)CN(C3CCOCC3)C4=O)cc2)c[nH]1. The van der Waals surface area contributed by atoms with Crippen molar-refractivity contribution < 1.29 is 9.53 Å². The number of carbonyl (C=O) groups excluding carboxylic acids is 1. The van der Waals surface area contributed by atoms with Crippen LogP contribution >= 0.6 is 0 Å². The maximum atomic E-state index is 13.1. The summed E-state index contributed by atoms with van der Waals surface area (Å²) in [6, 6.07) is 13.1. The Labute approximate surface area is 177 Å². The molecule has 2 aromatic heterocycles. The number of ether oxygens (including phenoxy) is 1. The molecule has 154 valence electrons. The monoisotopic (exact) mass is 401 g/mol. The molecule has 0 spiro atoms. The van der Waals surface area contributed by atoms with Gasteiger partial charge in [-0.15, -0.1) is 0 Å². The van der Waals surface area contributed by atoms with Crippen molar-refractivity contribution in [3.8, 4) is 11.1 Å². The number of nitrogens with one attached hydrogen (secondary N) is 1. The topological polar surface area (TPSA) is 58.2 Å². The summed E-state index contributed by atoms with van der Waals surface area (Å²) in [4.78, 5) is 23.1. The minimum absolute atomic E-state index is 0.129. The largest absolute Gasteiger partial charge is 0.381 e. The van der Waals surface area contributed by atoms with E-state index in [4.69, 9.17) is 9.72 Å². The quantitative estimate of drug-likeness (QED) is 0.704. The van der Waals surface area contributed by atoms with Crippen molar-refractivity contribution in [1.82, 2.24) is 14.9 Å². The first-order valence-electron chi connectivity index (χ1n) is 10.7. The predicted molar refractivity (Wildman–Crippen MR) is 116 cm³/mol. The molecule has 0 aliphatic carbocycles. The summed E-state index contributed by atoms with van der Waals surface area (Å²) in [7, 11) is 0. The van der Waals surface area contributed by atoms with E-state index in [1.807, 2.05) is 18.0 Å². The fraction of sp³-hybridized carbons (Fsp3) is 0.360. The molecule has 2 aliphatic heterocycles. The van der Waals surface area contributed by atoms with E-state index in [-0.39, 0.29) is 11.9 Å². The molecule has 2 aliphatic rings. The number of nitrogens with zero attached hydrogens (tertiary/aromatic N) is 2. The fourth-order valence-electron chi connectivity index (χ4n) is 4.57. The van der Waals surface area contributed by atoms with Crippen molar-refractivity contribution >= 4 is 5.91 Å². The molecule has 5 rings (SSSR count). The highest BCUT2D eigenvalue weighted by Crippen LogP contribution is 2.29. The van der Waals surface area contributed by atoms with E-state index in [0.29, 0.717) is 6.54 Å². The number of amides is 1. The van der Waals surface area contributed by atoms with E-state index in [1.165, 1.54) is 16.7 Å². The zero-order valence-corrected chi connectivity index (χ0v) is 17.6. The number of carbonyl (C=O) groups is 1. The summed E-state index contributed by atoms with van der Waals surface area (Å²) >= 11 is 0. The Hall–Kier alpha value is -2.92. The Bertz CT molecular complexity index is 1080. The van der Waals surface area contributed by atoms with Crippen LogP contribution in [0.25, 0.3) is 11.1 Å². The van der Waals surface area contributed by atoms with Gasteiger partial charge in [0.1, 0.15) is 0 Å². The van der Waals surface area contributed by atoms with Crippen molar-refractivity contribution in [3.63, 3.8) is 0 Å². The summed E-state index contributed by atoms with van der Waals surface area (Å²) < 4.78 is 5.46. The van der Waals surface area contributed by atoms with Crippen molar-refractivity contribution in [2.75, 3.05) is 13.2 Å². The van der Waals surface area contributed by atoms with Crippen LogP contribution < -0.4 is 0 Å². The highest BCUT2D eigenvalue weighted by Gasteiger charge is 2.35. The van der Waals surface area contributed by atoms with Gasteiger partial charge in [-0.3, -0.25) is 9.78 Å². The van der Waals surface area contributed by atoms with Crippen LogP contribution in [0.4, 0.5) is 0 Å². The molecule has 1 fully saturated rings. The Kier molecular flexibility index (Phi) is 4.91. The number of H-pyrrole nitrogens is 1. The summed E-state index contributed by atoms with van der Waals surface area (Å²) in [5.41, 5.74) is 8.63. The molecule has 5 heteroatoms. The number of benzene rings is 1. The summed E-state index contributed by atoms with van der Waals surface area (Å²) in [6.07, 6.45) is 4.65. The van der Waals surface area contributed by atoms with Gasteiger partial charge in [0, 0.05) is 36.8 Å². The number of aromatic nitrogens is 2. The van der Waals surface area contributed by atoms with E-state index >= 15 is 0 Å². The van der Waals surface area contributed by atoms with Gasteiger partial charge >= 0.3 is 0 Å². The number of hydrogen-bond donors (Lipinski definition) is 1. The molecule has 0 unspecified atom stereocenters. The maximum absolute atomic E-state index is 13.1. The second-order valence-corrected chi connectivity index (χ2v) is 8.45. The average molecular weight is 402 g/mol. The van der Waals surface area contributed by atoms with E-state index in [0.717, 1.165) is 60.7 Å². The number of aryl methyl sites for hydroxylation is 2. The molecule has 30 heavy (non-hydrogen) atoms. The number of aromatic amines is 1. The molecule has 5 nitrogen and oxygen atoms in total. The van der Waals surface area contributed by atoms with Crippen LogP contribution in [0.3, 0.4) is 0 Å². The molecule has 4 heterocycles. The second-order valence-electron chi connectivity index (χ2n) is 8.45. The van der Waals surface area contributed by atoms with Crippen LogP contribution in [-0.2, 0) is 17.7 Å². The zero-order chi connectivity index (χ0) is 20.7. The highest BCUT2D eigenvalue weighted by atomic mass is 16.5. The lowest BCUT2D eigenvalue weighted by Crippen LogP contribution is -2.39. The minimum atomic E-state index is 0.129. The number of pyridine rings is 1. The minimum Gasteiger partial charge on any atom is -0.381 e. The first-order chi connectivity index (χ1) is 14.6. The van der Waals surface area contributed by atoms with Crippen LogP contribution in [0.5, 0.6) is 0 Å². The molecule has 1 N–H and O–H groups in total. The molecular formula is C25H27N3O2.